The van der Waals surface area contributed by atoms with Crippen molar-refractivity contribution in [3.05, 3.63) is 28.0 Å². The largest absolute Gasteiger partial charge is 0.355 e. The van der Waals surface area contributed by atoms with Gasteiger partial charge in [0.15, 0.2) is 0 Å². The van der Waals surface area contributed by atoms with Gasteiger partial charge in [-0.05, 0) is 19.8 Å². The Morgan fingerprint density at radius 2 is 2.06 bits per heavy atom. The summed E-state index contributed by atoms with van der Waals surface area (Å²) in [5, 5.41) is 6.60. The molecular weight excluding hydrogens is 244 g/mol. The van der Waals surface area contributed by atoms with E-state index in [4.69, 9.17) is 0 Å². The molecule has 0 unspecified atom stereocenters. The molecule has 0 saturated heterocycles. The monoisotopic (exact) mass is 264 g/mol. The first-order valence-electron chi connectivity index (χ1n) is 6.23. The Morgan fingerprint density at radius 3 is 2.67 bits per heavy atom. The molecule has 0 atom stereocenters. The number of aromatic nitrogens is 3. The Morgan fingerprint density at radius 1 is 1.28 bits per heavy atom. The van der Waals surface area contributed by atoms with Crippen molar-refractivity contribution >= 4 is 17.3 Å². The van der Waals surface area contributed by atoms with Gasteiger partial charge in [0.25, 0.3) is 0 Å². The van der Waals surface area contributed by atoms with E-state index in [2.05, 4.69) is 45.3 Å². The number of rotatable bonds is 5. The molecule has 2 aromatic rings. The molecule has 0 aliphatic rings. The summed E-state index contributed by atoms with van der Waals surface area (Å²) in [6.45, 7) is 10.2. The highest BCUT2D eigenvalue weighted by molar-refractivity contribution is 7.09. The SMILES string of the molecule is Cc1csc(Cn2cc(C)nc2NCC(C)C)n1. The highest BCUT2D eigenvalue weighted by Gasteiger charge is 2.08. The topological polar surface area (TPSA) is 42.7 Å². The van der Waals surface area contributed by atoms with Crippen LogP contribution in [0, 0.1) is 19.8 Å². The van der Waals surface area contributed by atoms with Gasteiger partial charge in [0.2, 0.25) is 5.95 Å². The van der Waals surface area contributed by atoms with Crippen molar-refractivity contribution in [1.29, 1.82) is 0 Å². The first-order valence-corrected chi connectivity index (χ1v) is 7.11. The molecule has 0 aliphatic carbocycles. The van der Waals surface area contributed by atoms with E-state index in [0.29, 0.717) is 5.92 Å². The molecule has 0 saturated carbocycles. The third kappa shape index (κ3) is 3.32. The summed E-state index contributed by atoms with van der Waals surface area (Å²) in [6.07, 6.45) is 2.07. The van der Waals surface area contributed by atoms with E-state index in [1.54, 1.807) is 11.3 Å². The van der Waals surface area contributed by atoms with E-state index in [-0.39, 0.29) is 0 Å². The van der Waals surface area contributed by atoms with Crippen molar-refractivity contribution in [1.82, 2.24) is 14.5 Å². The number of nitrogens with one attached hydrogen (secondary N) is 1. The number of anilines is 1. The van der Waals surface area contributed by atoms with E-state index in [0.717, 1.165) is 35.4 Å². The summed E-state index contributed by atoms with van der Waals surface area (Å²) in [6, 6.07) is 0. The van der Waals surface area contributed by atoms with Crippen LogP contribution in [0.15, 0.2) is 11.6 Å². The van der Waals surface area contributed by atoms with Gasteiger partial charge in [-0.3, -0.25) is 0 Å². The van der Waals surface area contributed by atoms with E-state index in [1.807, 2.05) is 13.8 Å². The minimum atomic E-state index is 0.609. The Balaban J connectivity index is 2.11. The van der Waals surface area contributed by atoms with Crippen LogP contribution in [0.5, 0.6) is 0 Å². The van der Waals surface area contributed by atoms with Gasteiger partial charge in [0, 0.05) is 23.8 Å². The zero-order chi connectivity index (χ0) is 13.1. The number of aryl methyl sites for hydroxylation is 2. The molecule has 4 nitrogen and oxygen atoms in total. The number of imidazole rings is 1. The maximum absolute atomic E-state index is 4.51. The van der Waals surface area contributed by atoms with Crippen LogP contribution in [0.3, 0.4) is 0 Å². The van der Waals surface area contributed by atoms with Crippen molar-refractivity contribution in [3.8, 4) is 0 Å². The van der Waals surface area contributed by atoms with Gasteiger partial charge in [-0.2, -0.15) is 0 Å². The predicted octanol–water partition coefficient (Wildman–Crippen LogP) is 3.07. The molecule has 0 spiro atoms. The molecule has 0 aromatic carbocycles. The molecule has 0 radical (unpaired) electrons. The van der Waals surface area contributed by atoms with Gasteiger partial charge in [-0.15, -0.1) is 11.3 Å². The van der Waals surface area contributed by atoms with E-state index in [1.165, 1.54) is 0 Å². The van der Waals surface area contributed by atoms with Crippen LogP contribution in [0.4, 0.5) is 5.95 Å². The van der Waals surface area contributed by atoms with Crippen molar-refractivity contribution in [2.75, 3.05) is 11.9 Å². The van der Waals surface area contributed by atoms with E-state index >= 15 is 0 Å². The molecule has 0 bridgehead atoms. The molecule has 2 rings (SSSR count). The Labute approximate surface area is 112 Å². The molecule has 18 heavy (non-hydrogen) atoms. The summed E-state index contributed by atoms with van der Waals surface area (Å²) in [7, 11) is 0. The smallest absolute Gasteiger partial charge is 0.203 e. The fraction of sp³-hybridized carbons (Fsp3) is 0.538. The van der Waals surface area contributed by atoms with Gasteiger partial charge in [0.05, 0.1) is 12.2 Å². The third-order valence-electron chi connectivity index (χ3n) is 2.54. The first-order chi connectivity index (χ1) is 8.54. The number of nitrogens with zero attached hydrogens (tertiary/aromatic N) is 3. The van der Waals surface area contributed by atoms with Gasteiger partial charge in [-0.1, -0.05) is 13.8 Å². The maximum Gasteiger partial charge on any atom is 0.203 e. The number of hydrogen-bond acceptors (Lipinski definition) is 4. The highest BCUT2D eigenvalue weighted by atomic mass is 32.1. The average molecular weight is 264 g/mol. The van der Waals surface area contributed by atoms with Crippen LogP contribution in [-0.4, -0.2) is 21.1 Å². The van der Waals surface area contributed by atoms with Crippen LogP contribution in [0.25, 0.3) is 0 Å². The van der Waals surface area contributed by atoms with Gasteiger partial charge < -0.3 is 9.88 Å². The minimum absolute atomic E-state index is 0.609. The lowest BCUT2D eigenvalue weighted by atomic mass is 10.2. The molecule has 2 heterocycles. The van der Waals surface area contributed by atoms with Gasteiger partial charge >= 0.3 is 0 Å². The molecule has 5 heteroatoms. The zero-order valence-electron chi connectivity index (χ0n) is 11.4. The van der Waals surface area contributed by atoms with Crippen LogP contribution < -0.4 is 5.32 Å². The molecular formula is C13H20N4S. The van der Waals surface area contributed by atoms with Crippen LogP contribution in [-0.2, 0) is 6.54 Å². The average Bonchev–Trinajstić information content (AvgIpc) is 2.83. The second-order valence-corrected chi connectivity index (χ2v) is 5.93. The molecule has 1 N–H and O–H groups in total. The lowest BCUT2D eigenvalue weighted by Crippen LogP contribution is -2.13. The Hall–Kier alpha value is -1.36. The quantitative estimate of drug-likeness (QED) is 0.902. The Kier molecular flexibility index (Phi) is 4.01. The number of hydrogen-bond donors (Lipinski definition) is 1. The third-order valence-corrected chi connectivity index (χ3v) is 3.49. The molecule has 0 amide bonds. The predicted molar refractivity (Wildman–Crippen MR) is 76.2 cm³/mol. The standard InChI is InChI=1S/C13H20N4S/c1-9(2)5-14-13-16-10(3)6-17(13)7-12-15-11(4)8-18-12/h6,8-9H,5,7H2,1-4H3,(H,14,16). The summed E-state index contributed by atoms with van der Waals surface area (Å²) in [5.74, 6) is 1.55. The van der Waals surface area contributed by atoms with E-state index in [9.17, 15) is 0 Å². The first kappa shape index (κ1) is 13.1. The van der Waals surface area contributed by atoms with Crippen LogP contribution >= 0.6 is 11.3 Å². The fourth-order valence-electron chi connectivity index (χ4n) is 1.72. The fourth-order valence-corrected chi connectivity index (χ4v) is 2.49. The van der Waals surface area contributed by atoms with Crippen LogP contribution in [0.2, 0.25) is 0 Å². The summed E-state index contributed by atoms with van der Waals surface area (Å²) in [5.41, 5.74) is 2.12. The lowest BCUT2D eigenvalue weighted by Gasteiger charge is -2.10. The lowest BCUT2D eigenvalue weighted by molar-refractivity contribution is 0.676. The van der Waals surface area contributed by atoms with Crippen LogP contribution in [0.1, 0.15) is 30.2 Å². The van der Waals surface area contributed by atoms with Crippen molar-refractivity contribution in [2.45, 2.75) is 34.2 Å². The van der Waals surface area contributed by atoms with Gasteiger partial charge in [0.1, 0.15) is 5.01 Å². The minimum Gasteiger partial charge on any atom is -0.355 e. The second kappa shape index (κ2) is 5.52. The molecule has 0 aliphatic heterocycles. The summed E-state index contributed by atoms with van der Waals surface area (Å²) in [4.78, 5) is 9.01. The van der Waals surface area contributed by atoms with Crippen molar-refractivity contribution < 1.29 is 0 Å². The maximum atomic E-state index is 4.51. The summed E-state index contributed by atoms with van der Waals surface area (Å²) < 4.78 is 2.13. The zero-order valence-corrected chi connectivity index (χ0v) is 12.2. The molecule has 2 aromatic heterocycles. The normalized spacial score (nSPS) is 11.2. The molecule has 98 valence electrons. The van der Waals surface area contributed by atoms with Crippen molar-refractivity contribution in [3.63, 3.8) is 0 Å². The van der Waals surface area contributed by atoms with E-state index < -0.39 is 0 Å². The van der Waals surface area contributed by atoms with Crippen molar-refractivity contribution in [2.24, 2.45) is 5.92 Å². The number of thiazole rings is 1. The van der Waals surface area contributed by atoms with Gasteiger partial charge in [-0.25, -0.2) is 9.97 Å². The molecule has 0 fully saturated rings. The second-order valence-electron chi connectivity index (χ2n) is 4.99. The summed E-state index contributed by atoms with van der Waals surface area (Å²) >= 11 is 1.70. The highest BCUT2D eigenvalue weighted by Crippen LogP contribution is 2.15. The Bertz CT molecular complexity index is 513.